The first-order valence-electron chi connectivity index (χ1n) is 12.0. The highest BCUT2D eigenvalue weighted by molar-refractivity contribution is 14.0. The first kappa shape index (κ1) is 24.7. The number of likely N-dealkylation sites (tertiary alicyclic amines) is 1. The lowest BCUT2D eigenvalue weighted by Crippen LogP contribution is -2.44. The van der Waals surface area contributed by atoms with Crippen LogP contribution in [-0.2, 0) is 20.8 Å². The van der Waals surface area contributed by atoms with Gasteiger partial charge in [-0.1, -0.05) is 30.4 Å². The lowest BCUT2D eigenvalue weighted by Gasteiger charge is -2.29. The number of fused-ring (bicyclic) bond motifs is 6. The summed E-state index contributed by atoms with van der Waals surface area (Å²) in [5.74, 6) is 0.503. The largest absolute Gasteiger partial charge is 0.357 e. The van der Waals surface area contributed by atoms with E-state index < -0.39 is 0 Å². The van der Waals surface area contributed by atoms with Gasteiger partial charge >= 0.3 is 0 Å². The van der Waals surface area contributed by atoms with Crippen LogP contribution in [0.25, 0.3) is 0 Å². The van der Waals surface area contributed by atoms with E-state index in [1.165, 1.54) is 10.5 Å². The van der Waals surface area contributed by atoms with Gasteiger partial charge in [0.05, 0.1) is 11.8 Å². The molecule has 2 aliphatic carbocycles. The molecule has 2 heterocycles. The summed E-state index contributed by atoms with van der Waals surface area (Å²) in [6.07, 6.45) is 7.08. The number of carbonyl (C=O) groups excluding carboxylic acids is 3. The zero-order valence-electron chi connectivity index (χ0n) is 19.4. The molecule has 1 saturated heterocycles. The van der Waals surface area contributed by atoms with E-state index in [4.69, 9.17) is 0 Å². The molecule has 2 fully saturated rings. The molecule has 0 spiro atoms. The molecule has 2 bridgehead atoms. The Balaban J connectivity index is 0.00000274. The number of aryl methyl sites for hydroxylation is 1. The van der Waals surface area contributed by atoms with Gasteiger partial charge in [0.2, 0.25) is 17.7 Å². The number of aliphatic imine (C=N–C) groups is 1. The number of hydrogen-bond acceptors (Lipinski definition) is 4. The second-order valence-electron chi connectivity index (χ2n) is 9.23. The Morgan fingerprint density at radius 2 is 1.79 bits per heavy atom. The van der Waals surface area contributed by atoms with Crippen molar-refractivity contribution >= 4 is 53.3 Å². The van der Waals surface area contributed by atoms with Gasteiger partial charge in [0.1, 0.15) is 6.54 Å². The van der Waals surface area contributed by atoms with Crippen LogP contribution in [0.5, 0.6) is 0 Å². The zero-order chi connectivity index (χ0) is 22.9. The van der Waals surface area contributed by atoms with Gasteiger partial charge < -0.3 is 15.5 Å². The monoisotopic (exact) mass is 577 g/mol. The van der Waals surface area contributed by atoms with Crippen molar-refractivity contribution in [1.82, 2.24) is 15.5 Å². The summed E-state index contributed by atoms with van der Waals surface area (Å²) in [6.45, 7) is 4.04. The van der Waals surface area contributed by atoms with Crippen LogP contribution in [0.2, 0.25) is 0 Å². The second kappa shape index (κ2) is 10.5. The van der Waals surface area contributed by atoms with Crippen molar-refractivity contribution in [2.24, 2.45) is 28.7 Å². The van der Waals surface area contributed by atoms with E-state index in [1.807, 2.05) is 30.0 Å². The molecule has 1 aromatic rings. The fourth-order valence-electron chi connectivity index (χ4n) is 5.84. The van der Waals surface area contributed by atoms with E-state index >= 15 is 0 Å². The quantitative estimate of drug-likeness (QED) is 0.177. The summed E-state index contributed by atoms with van der Waals surface area (Å²) in [5.41, 5.74) is 2.17. The Morgan fingerprint density at radius 1 is 1.09 bits per heavy atom. The van der Waals surface area contributed by atoms with Crippen LogP contribution in [0.3, 0.4) is 0 Å². The predicted octanol–water partition coefficient (Wildman–Crippen LogP) is 1.95. The van der Waals surface area contributed by atoms with Gasteiger partial charge in [-0.2, -0.15) is 0 Å². The first-order chi connectivity index (χ1) is 16.1. The first-order valence-corrected chi connectivity index (χ1v) is 12.0. The number of carbonyl (C=O) groups is 3. The van der Waals surface area contributed by atoms with E-state index in [2.05, 4.69) is 33.8 Å². The number of rotatable bonds is 6. The van der Waals surface area contributed by atoms with Crippen LogP contribution in [-0.4, -0.2) is 61.3 Å². The molecule has 8 nitrogen and oxygen atoms in total. The minimum atomic E-state index is -0.167. The third-order valence-corrected chi connectivity index (χ3v) is 7.32. The summed E-state index contributed by atoms with van der Waals surface area (Å²) < 4.78 is 0. The minimum absolute atomic E-state index is 0. The molecule has 182 valence electrons. The van der Waals surface area contributed by atoms with E-state index in [9.17, 15) is 14.4 Å². The summed E-state index contributed by atoms with van der Waals surface area (Å²) in [7, 11) is 0. The van der Waals surface area contributed by atoms with Crippen LogP contribution >= 0.6 is 24.0 Å². The predicted molar refractivity (Wildman–Crippen MR) is 141 cm³/mol. The van der Waals surface area contributed by atoms with Gasteiger partial charge in [-0.3, -0.25) is 19.3 Å². The molecule has 1 aromatic carbocycles. The fraction of sp³-hybridized carbons (Fsp3) is 0.520. The number of guanidine groups is 1. The fourth-order valence-corrected chi connectivity index (χ4v) is 5.84. The number of anilines is 1. The Bertz CT molecular complexity index is 996. The van der Waals surface area contributed by atoms with E-state index in [0.717, 1.165) is 24.9 Å². The topological polar surface area (TPSA) is 94.1 Å². The van der Waals surface area contributed by atoms with E-state index in [0.29, 0.717) is 32.1 Å². The highest BCUT2D eigenvalue weighted by Crippen LogP contribution is 2.52. The van der Waals surface area contributed by atoms with Crippen LogP contribution in [0.1, 0.15) is 25.3 Å². The van der Waals surface area contributed by atoms with Gasteiger partial charge in [0.25, 0.3) is 0 Å². The summed E-state index contributed by atoms with van der Waals surface area (Å²) in [4.78, 5) is 46.2. The number of benzene rings is 1. The molecule has 4 atom stereocenters. The van der Waals surface area contributed by atoms with Crippen molar-refractivity contribution < 1.29 is 14.4 Å². The molecule has 1 saturated carbocycles. The standard InChI is InChI=1S/C25H31N5O3.HI/c1-2-26-25(28-15-20(31)29-12-5-7-16-6-3-4-8-19(16)29)27-11-13-30-23(32)21-17-9-10-18(14-17)22(21)24(30)33;/h3-4,6,8-10,17-18,21-22H,2,5,7,11-15H2,1H3,(H2,26,27,28);1H. The van der Waals surface area contributed by atoms with Gasteiger partial charge in [-0.15, -0.1) is 24.0 Å². The minimum Gasteiger partial charge on any atom is -0.357 e. The van der Waals surface area contributed by atoms with Crippen molar-refractivity contribution in [1.29, 1.82) is 0 Å². The normalized spacial score (nSPS) is 26.9. The zero-order valence-corrected chi connectivity index (χ0v) is 21.7. The number of nitrogens with zero attached hydrogens (tertiary/aromatic N) is 3. The molecule has 5 rings (SSSR count). The number of amides is 3. The highest BCUT2D eigenvalue weighted by Gasteiger charge is 2.58. The lowest BCUT2D eigenvalue weighted by atomic mass is 9.85. The summed E-state index contributed by atoms with van der Waals surface area (Å²) in [5, 5.41) is 6.32. The molecule has 0 radical (unpaired) electrons. The maximum absolute atomic E-state index is 12.9. The van der Waals surface area contributed by atoms with Crippen LogP contribution < -0.4 is 15.5 Å². The smallest absolute Gasteiger partial charge is 0.248 e. The average molecular weight is 577 g/mol. The number of allylic oxidation sites excluding steroid dienone is 2. The molecule has 0 aromatic heterocycles. The Morgan fingerprint density at radius 3 is 2.50 bits per heavy atom. The molecule has 34 heavy (non-hydrogen) atoms. The average Bonchev–Trinajstić information content (AvgIpc) is 3.51. The summed E-state index contributed by atoms with van der Waals surface area (Å²) in [6, 6.07) is 8.01. The SMILES string of the molecule is CCNC(=NCC(=O)N1CCCc2ccccc21)NCCN1C(=O)C2C3C=CC(C3)C2C1=O.I. The lowest BCUT2D eigenvalue weighted by molar-refractivity contribution is -0.140. The van der Waals surface area contributed by atoms with Crippen LogP contribution in [0, 0.1) is 23.7 Å². The number of imide groups is 1. The van der Waals surface area contributed by atoms with E-state index in [-0.39, 0.29) is 71.9 Å². The second-order valence-corrected chi connectivity index (χ2v) is 9.23. The third-order valence-electron chi connectivity index (χ3n) is 7.32. The maximum atomic E-state index is 12.9. The molecule has 9 heteroatoms. The number of hydrogen-bond donors (Lipinski definition) is 2. The molecule has 2 aliphatic heterocycles. The summed E-state index contributed by atoms with van der Waals surface area (Å²) >= 11 is 0. The van der Waals surface area contributed by atoms with Gasteiger partial charge in [-0.25, -0.2) is 4.99 Å². The van der Waals surface area contributed by atoms with Crippen molar-refractivity contribution in [3.63, 3.8) is 0 Å². The highest BCUT2D eigenvalue weighted by atomic mass is 127. The third kappa shape index (κ3) is 4.46. The Hall–Kier alpha value is -2.43. The molecule has 3 amide bonds. The van der Waals surface area contributed by atoms with Gasteiger partial charge in [-0.05, 0) is 49.7 Å². The van der Waals surface area contributed by atoms with Gasteiger partial charge in [0, 0.05) is 31.9 Å². The van der Waals surface area contributed by atoms with Crippen molar-refractivity contribution in [3.8, 4) is 0 Å². The Labute approximate surface area is 217 Å². The molecule has 4 unspecified atom stereocenters. The molecule has 4 aliphatic rings. The van der Waals surface area contributed by atoms with Crippen molar-refractivity contribution in [2.45, 2.75) is 26.2 Å². The number of nitrogens with one attached hydrogen (secondary N) is 2. The van der Waals surface area contributed by atoms with Crippen molar-refractivity contribution in [2.75, 3.05) is 37.6 Å². The van der Waals surface area contributed by atoms with Crippen LogP contribution in [0.4, 0.5) is 5.69 Å². The molecule has 2 N–H and O–H groups in total. The number of para-hydroxylation sites is 1. The van der Waals surface area contributed by atoms with Crippen LogP contribution in [0.15, 0.2) is 41.4 Å². The molecular weight excluding hydrogens is 545 g/mol. The van der Waals surface area contributed by atoms with Gasteiger partial charge in [0.15, 0.2) is 5.96 Å². The maximum Gasteiger partial charge on any atom is 0.248 e. The van der Waals surface area contributed by atoms with E-state index in [1.54, 1.807) is 0 Å². The molecular formula is C25H32IN5O3. The van der Waals surface area contributed by atoms with Crippen molar-refractivity contribution in [3.05, 3.63) is 42.0 Å². The number of halogens is 1. The Kier molecular flexibility index (Phi) is 7.59.